The van der Waals surface area contributed by atoms with Crippen molar-refractivity contribution in [3.63, 3.8) is 0 Å². The lowest BCUT2D eigenvalue weighted by atomic mass is 10.0. The van der Waals surface area contributed by atoms with E-state index in [9.17, 15) is 4.79 Å². The molecule has 0 heterocycles. The van der Waals surface area contributed by atoms with E-state index in [-0.39, 0.29) is 5.97 Å². The summed E-state index contributed by atoms with van der Waals surface area (Å²) < 4.78 is 11.3. The molecule has 0 spiro atoms. The summed E-state index contributed by atoms with van der Waals surface area (Å²) in [6.45, 7) is 8.28. The fourth-order valence-corrected chi connectivity index (χ4v) is 3.64. The second-order valence-corrected chi connectivity index (χ2v) is 6.63. The largest absolute Gasteiger partial charge is 0.409 e. The number of aryl methyl sites for hydroxylation is 3. The quantitative estimate of drug-likeness (QED) is 0.765. The lowest BCUT2D eigenvalue weighted by Gasteiger charge is -2.18. The van der Waals surface area contributed by atoms with E-state index in [0.717, 1.165) is 22.0 Å². The normalized spacial score (nSPS) is 12.0. The Labute approximate surface area is 133 Å². The highest BCUT2D eigenvalue weighted by atomic mass is 31.2. The number of hydrogen-bond donors (Lipinski definition) is 0. The molecule has 0 aliphatic rings. The molecule has 0 aliphatic heterocycles. The smallest absolute Gasteiger partial charge is 0.343 e. The molecule has 2 rings (SSSR count). The fourth-order valence-electron chi connectivity index (χ4n) is 2.44. The summed E-state index contributed by atoms with van der Waals surface area (Å²) >= 11 is 0. The molecule has 0 fully saturated rings. The van der Waals surface area contributed by atoms with E-state index in [1.54, 1.807) is 0 Å². The third-order valence-corrected chi connectivity index (χ3v) is 4.80. The van der Waals surface area contributed by atoms with Gasteiger partial charge in [-0.1, -0.05) is 35.9 Å². The Kier molecular flexibility index (Phi) is 5.70. The molecule has 0 aliphatic carbocycles. The maximum absolute atomic E-state index is 12.6. The Morgan fingerprint density at radius 2 is 1.64 bits per heavy atom. The highest BCUT2D eigenvalue weighted by Gasteiger charge is 2.22. The Morgan fingerprint density at radius 3 is 2.18 bits per heavy atom. The van der Waals surface area contributed by atoms with Crippen molar-refractivity contribution in [3.05, 3.63) is 64.7 Å². The highest BCUT2D eigenvalue weighted by molar-refractivity contribution is 7.56. The molecule has 0 bridgehead atoms. The summed E-state index contributed by atoms with van der Waals surface area (Å²) in [5.74, 6) is -0.321. The van der Waals surface area contributed by atoms with Gasteiger partial charge in [-0.25, -0.2) is 4.79 Å². The van der Waals surface area contributed by atoms with Crippen LogP contribution < -0.4 is 5.30 Å². The summed E-state index contributed by atoms with van der Waals surface area (Å²) in [5.41, 5.74) is 3.64. The minimum absolute atomic E-state index is 0.321. The number of benzene rings is 2. The second-order valence-electron chi connectivity index (χ2n) is 5.16. The van der Waals surface area contributed by atoms with Gasteiger partial charge in [-0.2, -0.15) is 0 Å². The molecular weight excluding hydrogens is 295 g/mol. The van der Waals surface area contributed by atoms with Crippen molar-refractivity contribution in [2.24, 2.45) is 0 Å². The molecule has 0 saturated heterocycles. The van der Waals surface area contributed by atoms with E-state index in [1.807, 2.05) is 70.2 Å². The van der Waals surface area contributed by atoms with E-state index >= 15 is 0 Å². The first-order valence-corrected chi connectivity index (χ1v) is 8.49. The van der Waals surface area contributed by atoms with Gasteiger partial charge < -0.3 is 9.05 Å². The Balaban J connectivity index is 2.26. The van der Waals surface area contributed by atoms with Crippen LogP contribution in [0.2, 0.25) is 0 Å². The van der Waals surface area contributed by atoms with Crippen molar-refractivity contribution in [1.29, 1.82) is 0 Å². The molecule has 1 unspecified atom stereocenters. The molecule has 1 atom stereocenters. The van der Waals surface area contributed by atoms with Crippen LogP contribution in [0.25, 0.3) is 0 Å². The molecule has 0 saturated carbocycles. The monoisotopic (exact) mass is 316 g/mol. The molecule has 4 heteroatoms. The first kappa shape index (κ1) is 16.7. The summed E-state index contributed by atoms with van der Waals surface area (Å²) in [4.78, 5) is 12.6. The lowest BCUT2D eigenvalue weighted by Crippen LogP contribution is -2.13. The molecule has 2 aromatic carbocycles. The van der Waals surface area contributed by atoms with Crippen LogP contribution in [0.4, 0.5) is 0 Å². The van der Waals surface area contributed by atoms with Gasteiger partial charge in [0, 0.05) is 5.30 Å². The van der Waals surface area contributed by atoms with E-state index < -0.39 is 8.38 Å². The van der Waals surface area contributed by atoms with Crippen LogP contribution in [-0.4, -0.2) is 12.6 Å². The van der Waals surface area contributed by atoms with Gasteiger partial charge in [-0.15, -0.1) is 0 Å². The molecule has 0 radical (unpaired) electrons. The maximum Gasteiger partial charge on any atom is 0.343 e. The van der Waals surface area contributed by atoms with Gasteiger partial charge >= 0.3 is 5.97 Å². The van der Waals surface area contributed by atoms with Crippen LogP contribution in [0.15, 0.2) is 42.5 Å². The van der Waals surface area contributed by atoms with Gasteiger partial charge in [-0.3, -0.25) is 0 Å². The minimum atomic E-state index is -1.40. The standard InChI is InChI=1S/C18H21O3P/c1-5-20-22(16-9-7-6-8-10-16)21-18(19)17-14(3)11-13(2)12-15(17)4/h6-12H,5H2,1-4H3. The first-order valence-electron chi connectivity index (χ1n) is 7.31. The highest BCUT2D eigenvalue weighted by Crippen LogP contribution is 2.38. The minimum Gasteiger partial charge on any atom is -0.409 e. The topological polar surface area (TPSA) is 35.5 Å². The van der Waals surface area contributed by atoms with Gasteiger partial charge in [-0.05, 0) is 51.0 Å². The number of hydrogen-bond acceptors (Lipinski definition) is 3. The molecule has 2 aromatic rings. The third-order valence-electron chi connectivity index (χ3n) is 3.26. The zero-order valence-corrected chi connectivity index (χ0v) is 14.3. The number of carbonyl (C=O) groups excluding carboxylic acids is 1. The summed E-state index contributed by atoms with van der Waals surface area (Å²) in [7, 11) is -1.40. The fraction of sp³-hybridized carbons (Fsp3) is 0.278. The van der Waals surface area contributed by atoms with Crippen LogP contribution in [0.1, 0.15) is 34.0 Å². The Morgan fingerprint density at radius 1 is 1.05 bits per heavy atom. The van der Waals surface area contributed by atoms with Crippen molar-refractivity contribution in [1.82, 2.24) is 0 Å². The summed E-state index contributed by atoms with van der Waals surface area (Å²) in [5, 5.41) is 0.898. The molecule has 116 valence electrons. The van der Waals surface area contributed by atoms with E-state index in [0.29, 0.717) is 12.2 Å². The molecule has 3 nitrogen and oxygen atoms in total. The average Bonchev–Trinajstić information content (AvgIpc) is 2.46. The van der Waals surface area contributed by atoms with Crippen LogP contribution in [0.5, 0.6) is 0 Å². The Bertz CT molecular complexity index is 630. The van der Waals surface area contributed by atoms with Crippen molar-refractivity contribution < 1.29 is 13.8 Å². The van der Waals surface area contributed by atoms with Crippen LogP contribution in [0.3, 0.4) is 0 Å². The third kappa shape index (κ3) is 3.94. The van der Waals surface area contributed by atoms with Crippen molar-refractivity contribution in [2.45, 2.75) is 27.7 Å². The van der Waals surface area contributed by atoms with Crippen LogP contribution >= 0.6 is 8.38 Å². The Hall–Kier alpha value is -1.70. The first-order chi connectivity index (χ1) is 10.5. The van der Waals surface area contributed by atoms with E-state index in [1.165, 1.54) is 0 Å². The van der Waals surface area contributed by atoms with Crippen LogP contribution in [-0.2, 0) is 9.05 Å². The molecule has 0 N–H and O–H groups in total. The maximum atomic E-state index is 12.6. The second kappa shape index (κ2) is 7.53. The number of rotatable bonds is 5. The summed E-state index contributed by atoms with van der Waals surface area (Å²) in [6, 6.07) is 13.6. The van der Waals surface area contributed by atoms with Gasteiger partial charge in [0.2, 0.25) is 0 Å². The average molecular weight is 316 g/mol. The van der Waals surface area contributed by atoms with Gasteiger partial charge in [0.25, 0.3) is 8.38 Å². The van der Waals surface area contributed by atoms with Gasteiger partial charge in [0.05, 0.1) is 12.2 Å². The molecule has 0 amide bonds. The molecule has 22 heavy (non-hydrogen) atoms. The SMILES string of the molecule is CCOP(OC(=O)c1c(C)cc(C)cc1C)c1ccccc1. The van der Waals surface area contributed by atoms with Crippen LogP contribution in [0, 0.1) is 20.8 Å². The van der Waals surface area contributed by atoms with E-state index in [4.69, 9.17) is 9.05 Å². The van der Waals surface area contributed by atoms with Crippen molar-refractivity contribution in [3.8, 4) is 0 Å². The predicted molar refractivity (Wildman–Crippen MR) is 90.7 cm³/mol. The predicted octanol–water partition coefficient (Wildman–Crippen LogP) is 4.44. The lowest BCUT2D eigenvalue weighted by molar-refractivity contribution is 0.0731. The zero-order chi connectivity index (χ0) is 16.1. The van der Waals surface area contributed by atoms with E-state index in [2.05, 4.69) is 0 Å². The molecule has 0 aromatic heterocycles. The summed E-state index contributed by atoms with van der Waals surface area (Å²) in [6.07, 6.45) is 0. The zero-order valence-electron chi connectivity index (χ0n) is 13.4. The van der Waals surface area contributed by atoms with Gasteiger partial charge in [0.1, 0.15) is 0 Å². The van der Waals surface area contributed by atoms with Crippen molar-refractivity contribution in [2.75, 3.05) is 6.61 Å². The van der Waals surface area contributed by atoms with Gasteiger partial charge in [0.15, 0.2) is 0 Å². The molecular formula is C18H21O3P. The van der Waals surface area contributed by atoms with Crippen molar-refractivity contribution >= 4 is 19.6 Å². The number of carbonyl (C=O) groups is 1.